The van der Waals surface area contributed by atoms with E-state index in [0.29, 0.717) is 24.9 Å². The number of nitrogens with zero attached hydrogens (tertiary/aromatic N) is 4. The van der Waals surface area contributed by atoms with Crippen molar-refractivity contribution in [3.63, 3.8) is 0 Å². The number of hydrogen-bond donors (Lipinski definition) is 0. The van der Waals surface area contributed by atoms with Gasteiger partial charge < -0.3 is 13.7 Å². The highest BCUT2D eigenvalue weighted by Crippen LogP contribution is 2.40. The van der Waals surface area contributed by atoms with Crippen LogP contribution in [0.15, 0.2) is 15.1 Å². The number of aromatic nitrogens is 4. The van der Waals surface area contributed by atoms with Gasteiger partial charge in [-0.2, -0.15) is 10.1 Å². The topological polar surface area (TPSA) is 96.2 Å². The molecule has 27 heavy (non-hydrogen) atoms. The Kier molecular flexibility index (Phi) is 3.66. The summed E-state index contributed by atoms with van der Waals surface area (Å²) in [4.78, 5) is 16.6. The normalized spacial score (nSPS) is 15.5. The van der Waals surface area contributed by atoms with Gasteiger partial charge in [-0.1, -0.05) is 5.16 Å². The zero-order chi connectivity index (χ0) is 18.5. The van der Waals surface area contributed by atoms with E-state index in [9.17, 15) is 4.79 Å². The SMILES string of the molecule is CCOC(=O)c1oc2c(c1C)-c1nn(Cc3noc(C4CC4)n3)cc1CC2. The van der Waals surface area contributed by atoms with E-state index < -0.39 is 5.97 Å². The summed E-state index contributed by atoms with van der Waals surface area (Å²) >= 11 is 0. The van der Waals surface area contributed by atoms with E-state index in [2.05, 4.69) is 10.1 Å². The zero-order valence-electron chi connectivity index (χ0n) is 15.3. The van der Waals surface area contributed by atoms with Crippen LogP contribution < -0.4 is 0 Å². The fourth-order valence-electron chi connectivity index (χ4n) is 3.61. The Labute approximate surface area is 155 Å². The zero-order valence-corrected chi connectivity index (χ0v) is 15.3. The van der Waals surface area contributed by atoms with Crippen LogP contribution in [0.1, 0.15) is 64.8 Å². The Balaban J connectivity index is 1.45. The monoisotopic (exact) mass is 368 g/mol. The number of hydrogen-bond acceptors (Lipinski definition) is 7. The van der Waals surface area contributed by atoms with Gasteiger partial charge >= 0.3 is 5.97 Å². The predicted octanol–water partition coefficient (Wildman–Crippen LogP) is 3.04. The summed E-state index contributed by atoms with van der Waals surface area (Å²) in [6, 6.07) is 0. The largest absolute Gasteiger partial charge is 0.460 e. The number of furan rings is 1. The third-order valence-electron chi connectivity index (χ3n) is 5.09. The Morgan fingerprint density at radius 2 is 2.22 bits per heavy atom. The standard InChI is InChI=1S/C19H20N4O4/c1-3-25-19(24)17-10(2)15-13(26-17)7-6-12-8-23(21-16(12)15)9-14-20-18(27-22-14)11-4-5-11/h8,11H,3-7,9H2,1-2H3. The molecule has 3 aromatic rings. The molecule has 1 fully saturated rings. The molecule has 0 amide bonds. The quantitative estimate of drug-likeness (QED) is 0.639. The van der Waals surface area contributed by atoms with Gasteiger partial charge in [0.25, 0.3) is 0 Å². The molecule has 1 saturated carbocycles. The minimum Gasteiger partial charge on any atom is -0.460 e. The van der Waals surface area contributed by atoms with E-state index >= 15 is 0 Å². The summed E-state index contributed by atoms with van der Waals surface area (Å²) in [6.07, 6.45) is 5.83. The van der Waals surface area contributed by atoms with E-state index in [1.54, 1.807) is 6.92 Å². The van der Waals surface area contributed by atoms with Gasteiger partial charge in [0.2, 0.25) is 11.7 Å². The van der Waals surface area contributed by atoms with Crippen molar-refractivity contribution in [3.05, 3.63) is 40.6 Å². The Morgan fingerprint density at radius 3 is 3.00 bits per heavy atom. The van der Waals surface area contributed by atoms with Gasteiger partial charge in [0.15, 0.2) is 5.82 Å². The summed E-state index contributed by atoms with van der Waals surface area (Å²) in [5.74, 6) is 2.45. The maximum atomic E-state index is 12.1. The average Bonchev–Trinajstić information content (AvgIpc) is 3.10. The van der Waals surface area contributed by atoms with Gasteiger partial charge in [0.05, 0.1) is 12.3 Å². The molecule has 2 aliphatic rings. The number of fused-ring (bicyclic) bond motifs is 3. The molecule has 0 spiro atoms. The second-order valence-corrected chi connectivity index (χ2v) is 7.10. The molecule has 0 radical (unpaired) electrons. The number of ether oxygens (including phenoxy) is 1. The van der Waals surface area contributed by atoms with Crippen LogP contribution in [0.4, 0.5) is 0 Å². The van der Waals surface area contributed by atoms with Crippen LogP contribution in [0.2, 0.25) is 0 Å². The first-order valence-electron chi connectivity index (χ1n) is 9.32. The number of carbonyl (C=O) groups excluding carboxylic acids is 1. The van der Waals surface area contributed by atoms with Crippen LogP contribution in [0.5, 0.6) is 0 Å². The molecule has 0 saturated heterocycles. The smallest absolute Gasteiger partial charge is 0.374 e. The third-order valence-corrected chi connectivity index (χ3v) is 5.09. The van der Waals surface area contributed by atoms with E-state index in [1.807, 2.05) is 17.8 Å². The fourth-order valence-corrected chi connectivity index (χ4v) is 3.61. The average molecular weight is 368 g/mol. The molecule has 5 rings (SSSR count). The van der Waals surface area contributed by atoms with Crippen LogP contribution >= 0.6 is 0 Å². The van der Waals surface area contributed by atoms with Gasteiger partial charge in [0, 0.05) is 29.7 Å². The minimum atomic E-state index is -0.426. The summed E-state index contributed by atoms with van der Waals surface area (Å²) < 4.78 is 18.1. The van der Waals surface area contributed by atoms with E-state index in [1.165, 1.54) is 0 Å². The van der Waals surface area contributed by atoms with Crippen molar-refractivity contribution in [2.24, 2.45) is 0 Å². The molecule has 0 unspecified atom stereocenters. The lowest BCUT2D eigenvalue weighted by Gasteiger charge is -2.09. The summed E-state index contributed by atoms with van der Waals surface area (Å²) in [5, 5.41) is 8.78. The molecule has 8 heteroatoms. The highest BCUT2D eigenvalue weighted by atomic mass is 16.5. The second kappa shape index (κ2) is 6.07. The second-order valence-electron chi connectivity index (χ2n) is 7.10. The van der Waals surface area contributed by atoms with Crippen LogP contribution in [0.3, 0.4) is 0 Å². The number of aryl methyl sites for hydroxylation is 2. The molecule has 0 aliphatic heterocycles. The molecular formula is C19H20N4O4. The Bertz CT molecular complexity index is 1020. The van der Waals surface area contributed by atoms with E-state index in [0.717, 1.165) is 59.7 Å². The summed E-state index contributed by atoms with van der Waals surface area (Å²) in [6.45, 7) is 4.43. The van der Waals surface area contributed by atoms with Crippen molar-refractivity contribution in [1.82, 2.24) is 19.9 Å². The van der Waals surface area contributed by atoms with Gasteiger partial charge in [-0.15, -0.1) is 0 Å². The lowest BCUT2D eigenvalue weighted by molar-refractivity contribution is 0.0487. The van der Waals surface area contributed by atoms with Crippen molar-refractivity contribution < 1.29 is 18.5 Å². The highest BCUT2D eigenvalue weighted by Gasteiger charge is 2.31. The van der Waals surface area contributed by atoms with E-state index in [-0.39, 0.29) is 5.76 Å². The van der Waals surface area contributed by atoms with Crippen molar-refractivity contribution >= 4 is 5.97 Å². The van der Waals surface area contributed by atoms with Crippen LogP contribution in [-0.4, -0.2) is 32.5 Å². The van der Waals surface area contributed by atoms with Crippen LogP contribution in [0, 0.1) is 6.92 Å². The van der Waals surface area contributed by atoms with Gasteiger partial charge in [-0.3, -0.25) is 4.68 Å². The Hall–Kier alpha value is -2.90. The first-order chi connectivity index (χ1) is 13.1. The van der Waals surface area contributed by atoms with Crippen molar-refractivity contribution in [3.8, 4) is 11.3 Å². The molecule has 0 atom stereocenters. The minimum absolute atomic E-state index is 0.275. The maximum absolute atomic E-state index is 12.1. The molecule has 3 heterocycles. The summed E-state index contributed by atoms with van der Waals surface area (Å²) in [5.41, 5.74) is 3.68. The highest BCUT2D eigenvalue weighted by molar-refractivity contribution is 5.91. The molecular weight excluding hydrogens is 348 g/mol. The molecule has 8 nitrogen and oxygen atoms in total. The van der Waals surface area contributed by atoms with Gasteiger partial charge in [0.1, 0.15) is 12.3 Å². The lowest BCUT2D eigenvalue weighted by Crippen LogP contribution is -2.05. The molecule has 0 bridgehead atoms. The first-order valence-corrected chi connectivity index (χ1v) is 9.32. The fraction of sp³-hybridized carbons (Fsp3) is 0.474. The number of carbonyl (C=O) groups is 1. The van der Waals surface area contributed by atoms with Crippen molar-refractivity contribution in [1.29, 1.82) is 0 Å². The van der Waals surface area contributed by atoms with Crippen molar-refractivity contribution in [2.45, 2.75) is 52.0 Å². The number of rotatable bonds is 5. The third kappa shape index (κ3) is 2.75. The molecule has 0 N–H and O–H groups in total. The molecule has 2 aliphatic carbocycles. The first kappa shape index (κ1) is 16.3. The van der Waals surface area contributed by atoms with Gasteiger partial charge in [-0.25, -0.2) is 4.79 Å². The Morgan fingerprint density at radius 1 is 1.37 bits per heavy atom. The lowest BCUT2D eigenvalue weighted by atomic mass is 9.94. The van der Waals surface area contributed by atoms with Crippen molar-refractivity contribution in [2.75, 3.05) is 6.61 Å². The number of esters is 1. The maximum Gasteiger partial charge on any atom is 0.374 e. The molecule has 140 valence electrons. The molecule has 0 aromatic carbocycles. The molecule has 3 aromatic heterocycles. The van der Waals surface area contributed by atoms with Crippen LogP contribution in [-0.2, 0) is 24.1 Å². The van der Waals surface area contributed by atoms with Gasteiger partial charge in [-0.05, 0) is 38.7 Å². The predicted molar refractivity (Wildman–Crippen MR) is 93.4 cm³/mol. The van der Waals surface area contributed by atoms with Crippen LogP contribution in [0.25, 0.3) is 11.3 Å². The van der Waals surface area contributed by atoms with E-state index in [4.69, 9.17) is 18.8 Å². The summed E-state index contributed by atoms with van der Waals surface area (Å²) in [7, 11) is 0.